The van der Waals surface area contributed by atoms with Crippen LogP contribution in [0.2, 0.25) is 0 Å². The molecule has 0 aliphatic carbocycles. The minimum atomic E-state index is -0.336. The van der Waals surface area contributed by atoms with E-state index in [0.29, 0.717) is 32.1 Å². The zero-order chi connectivity index (χ0) is 22.8. The first-order chi connectivity index (χ1) is 15.5. The monoisotopic (exact) mass is 447 g/mol. The van der Waals surface area contributed by atoms with Crippen LogP contribution in [0.15, 0.2) is 47.1 Å². The Morgan fingerprint density at radius 1 is 1.06 bits per heavy atom. The van der Waals surface area contributed by atoms with Crippen molar-refractivity contribution in [2.75, 3.05) is 59.7 Å². The summed E-state index contributed by atoms with van der Waals surface area (Å²) in [6.07, 6.45) is 1.55. The highest BCUT2D eigenvalue weighted by molar-refractivity contribution is 5.85. The van der Waals surface area contributed by atoms with Crippen LogP contribution in [0.1, 0.15) is 11.3 Å². The van der Waals surface area contributed by atoms with E-state index in [9.17, 15) is 14.0 Å². The van der Waals surface area contributed by atoms with Gasteiger partial charge >= 0.3 is 0 Å². The average molecular weight is 448 g/mol. The molecule has 3 rings (SSSR count). The molecule has 1 aliphatic heterocycles. The Morgan fingerprint density at radius 2 is 1.81 bits per heavy atom. The number of ether oxygens (including phenoxy) is 2. The summed E-state index contributed by atoms with van der Waals surface area (Å²) in [7, 11) is 1.46. The first-order valence-corrected chi connectivity index (χ1v) is 10.7. The maximum absolute atomic E-state index is 13.3. The van der Waals surface area contributed by atoms with Gasteiger partial charge in [0.2, 0.25) is 11.8 Å². The van der Waals surface area contributed by atoms with Gasteiger partial charge in [-0.2, -0.15) is 0 Å². The summed E-state index contributed by atoms with van der Waals surface area (Å²) in [4.78, 5) is 31.2. The number of carbonyl (C=O) groups excluding carboxylic acids is 2. The molecule has 0 unspecified atom stereocenters. The summed E-state index contributed by atoms with van der Waals surface area (Å²) in [5, 5.41) is 0. The van der Waals surface area contributed by atoms with Gasteiger partial charge in [-0.25, -0.2) is 4.39 Å². The first kappa shape index (κ1) is 23.9. The lowest BCUT2D eigenvalue weighted by Crippen LogP contribution is -2.47. The lowest BCUT2D eigenvalue weighted by Gasteiger charge is -2.31. The molecule has 1 saturated heterocycles. The highest BCUT2D eigenvalue weighted by atomic mass is 19.1. The lowest BCUT2D eigenvalue weighted by molar-refractivity contribution is -0.143. The van der Waals surface area contributed by atoms with E-state index in [1.165, 1.54) is 24.1 Å². The number of rotatable bonds is 11. The largest absolute Gasteiger partial charge is 0.467 e. The molecule has 1 aliphatic rings. The molecule has 1 aromatic carbocycles. The minimum Gasteiger partial charge on any atom is -0.467 e. The van der Waals surface area contributed by atoms with Crippen LogP contribution in [0.4, 0.5) is 4.39 Å². The van der Waals surface area contributed by atoms with E-state index in [2.05, 4.69) is 4.90 Å². The maximum Gasteiger partial charge on any atom is 0.249 e. The Hall–Kier alpha value is -2.75. The van der Waals surface area contributed by atoms with Crippen molar-refractivity contribution in [3.8, 4) is 0 Å². The minimum absolute atomic E-state index is 0.0750. The standard InChI is InChI=1S/C23H30FN3O5/c1-30-18-23(29)26(9-8-25-10-13-31-14-11-25)17-22(28)27(16-21-3-2-12-32-21)15-19-4-6-20(24)7-5-19/h2-7,12H,8-11,13-18H2,1H3. The molecular weight excluding hydrogens is 417 g/mol. The van der Waals surface area contributed by atoms with E-state index >= 15 is 0 Å². The van der Waals surface area contributed by atoms with Crippen LogP contribution in [0.25, 0.3) is 0 Å². The molecule has 2 heterocycles. The van der Waals surface area contributed by atoms with E-state index < -0.39 is 0 Å². The number of carbonyl (C=O) groups is 2. The molecule has 1 aromatic heterocycles. The Kier molecular flexibility index (Phi) is 9.21. The second-order valence-electron chi connectivity index (χ2n) is 7.66. The molecule has 0 bridgehead atoms. The topological polar surface area (TPSA) is 75.5 Å². The zero-order valence-corrected chi connectivity index (χ0v) is 18.4. The van der Waals surface area contributed by atoms with Gasteiger partial charge in [0.15, 0.2) is 0 Å². The SMILES string of the molecule is COCC(=O)N(CCN1CCOCC1)CC(=O)N(Cc1ccc(F)cc1)Cc1ccco1. The molecule has 0 atom stereocenters. The molecule has 32 heavy (non-hydrogen) atoms. The second kappa shape index (κ2) is 12.3. The first-order valence-electron chi connectivity index (χ1n) is 10.7. The van der Waals surface area contributed by atoms with E-state index in [1.54, 1.807) is 35.4 Å². The van der Waals surface area contributed by atoms with E-state index in [0.717, 1.165) is 18.7 Å². The molecule has 0 saturated carbocycles. The number of methoxy groups -OCH3 is 1. The molecule has 1 fully saturated rings. The molecule has 0 radical (unpaired) electrons. The summed E-state index contributed by atoms with van der Waals surface area (Å²) in [6, 6.07) is 9.56. The number of hydrogen-bond donors (Lipinski definition) is 0. The zero-order valence-electron chi connectivity index (χ0n) is 18.4. The highest BCUT2D eigenvalue weighted by Gasteiger charge is 2.23. The van der Waals surface area contributed by atoms with Crippen LogP contribution in [-0.4, -0.2) is 86.2 Å². The molecular formula is C23H30FN3O5. The van der Waals surface area contributed by atoms with Crippen molar-refractivity contribution in [1.82, 2.24) is 14.7 Å². The molecule has 0 spiro atoms. The highest BCUT2D eigenvalue weighted by Crippen LogP contribution is 2.13. The van der Waals surface area contributed by atoms with E-state index in [1.807, 2.05) is 0 Å². The van der Waals surface area contributed by atoms with Crippen molar-refractivity contribution in [2.45, 2.75) is 13.1 Å². The fourth-order valence-corrected chi connectivity index (χ4v) is 3.49. The van der Waals surface area contributed by atoms with Crippen molar-refractivity contribution >= 4 is 11.8 Å². The third kappa shape index (κ3) is 7.44. The molecule has 2 aromatic rings. The predicted molar refractivity (Wildman–Crippen MR) is 115 cm³/mol. The third-order valence-corrected chi connectivity index (χ3v) is 5.30. The average Bonchev–Trinajstić information content (AvgIpc) is 3.31. The van der Waals surface area contributed by atoms with Gasteiger partial charge in [0.25, 0.3) is 0 Å². The van der Waals surface area contributed by atoms with Crippen LogP contribution >= 0.6 is 0 Å². The fraction of sp³-hybridized carbons (Fsp3) is 0.478. The lowest BCUT2D eigenvalue weighted by atomic mass is 10.2. The van der Waals surface area contributed by atoms with Crippen molar-refractivity contribution in [3.63, 3.8) is 0 Å². The van der Waals surface area contributed by atoms with E-state index in [-0.39, 0.29) is 43.9 Å². The predicted octanol–water partition coefficient (Wildman–Crippen LogP) is 1.75. The van der Waals surface area contributed by atoms with Gasteiger partial charge in [-0.1, -0.05) is 12.1 Å². The van der Waals surface area contributed by atoms with Crippen LogP contribution in [0.3, 0.4) is 0 Å². The van der Waals surface area contributed by atoms with Gasteiger partial charge in [0, 0.05) is 39.8 Å². The van der Waals surface area contributed by atoms with E-state index in [4.69, 9.17) is 13.9 Å². The number of benzene rings is 1. The van der Waals surface area contributed by atoms with Gasteiger partial charge in [-0.3, -0.25) is 14.5 Å². The number of furan rings is 1. The Morgan fingerprint density at radius 3 is 2.47 bits per heavy atom. The van der Waals surface area contributed by atoms with Crippen LogP contribution < -0.4 is 0 Å². The summed E-state index contributed by atoms with van der Waals surface area (Å²) >= 11 is 0. The summed E-state index contributed by atoms with van der Waals surface area (Å²) in [6.45, 7) is 4.36. The number of halogens is 1. The Bertz CT molecular complexity index is 838. The van der Waals surface area contributed by atoms with Crippen molar-refractivity contribution in [3.05, 3.63) is 59.8 Å². The van der Waals surface area contributed by atoms with Crippen LogP contribution in [0, 0.1) is 5.82 Å². The molecule has 2 amide bonds. The number of amides is 2. The van der Waals surface area contributed by atoms with Gasteiger partial charge < -0.3 is 23.7 Å². The van der Waals surface area contributed by atoms with Crippen molar-refractivity contribution in [2.24, 2.45) is 0 Å². The van der Waals surface area contributed by atoms with Crippen molar-refractivity contribution < 1.29 is 27.9 Å². The summed E-state index contributed by atoms with van der Waals surface area (Å²) in [5.74, 6) is -0.174. The molecule has 9 heteroatoms. The third-order valence-electron chi connectivity index (χ3n) is 5.30. The maximum atomic E-state index is 13.3. The summed E-state index contributed by atoms with van der Waals surface area (Å²) in [5.41, 5.74) is 0.786. The van der Waals surface area contributed by atoms with Gasteiger partial charge in [0.05, 0.1) is 32.6 Å². The van der Waals surface area contributed by atoms with Gasteiger partial charge in [-0.05, 0) is 29.8 Å². The summed E-state index contributed by atoms with van der Waals surface area (Å²) < 4.78 is 29.1. The number of nitrogens with zero attached hydrogens (tertiary/aromatic N) is 3. The molecule has 0 N–H and O–H groups in total. The normalized spacial score (nSPS) is 14.3. The van der Waals surface area contributed by atoms with Gasteiger partial charge in [-0.15, -0.1) is 0 Å². The second-order valence-corrected chi connectivity index (χ2v) is 7.66. The van der Waals surface area contributed by atoms with Crippen LogP contribution in [-0.2, 0) is 32.2 Å². The van der Waals surface area contributed by atoms with Crippen LogP contribution in [0.5, 0.6) is 0 Å². The van der Waals surface area contributed by atoms with Crippen molar-refractivity contribution in [1.29, 1.82) is 0 Å². The fourth-order valence-electron chi connectivity index (χ4n) is 3.49. The number of hydrogen-bond acceptors (Lipinski definition) is 6. The quantitative estimate of drug-likeness (QED) is 0.523. The van der Waals surface area contributed by atoms with Gasteiger partial charge in [0.1, 0.15) is 18.2 Å². The molecule has 8 nitrogen and oxygen atoms in total. The smallest absolute Gasteiger partial charge is 0.249 e. The Labute approximate surface area is 187 Å². The number of morpholine rings is 1. The molecule has 174 valence electrons. The Balaban J connectivity index is 1.68.